The van der Waals surface area contributed by atoms with E-state index in [1.54, 1.807) is 6.08 Å². The number of likely N-dealkylation sites (tertiary alicyclic amines) is 1. The van der Waals surface area contributed by atoms with Crippen LogP contribution in [0.2, 0.25) is 0 Å². The zero-order chi connectivity index (χ0) is 22.8. The number of hydrogen-bond acceptors (Lipinski definition) is 6. The van der Waals surface area contributed by atoms with Crippen LogP contribution >= 0.6 is 0 Å². The Balaban J connectivity index is 1.97. The molecule has 0 saturated carbocycles. The van der Waals surface area contributed by atoms with Crippen LogP contribution in [0.25, 0.3) is 33.1 Å². The Morgan fingerprint density at radius 2 is 2.03 bits per heavy atom. The second-order valence-electron chi connectivity index (χ2n) is 7.82. The molecule has 32 heavy (non-hydrogen) atoms. The molecule has 2 aromatic heterocycles. The molecule has 1 fully saturated rings. The third-order valence-electron chi connectivity index (χ3n) is 5.55. The molecule has 0 atom stereocenters. The van der Waals surface area contributed by atoms with Crippen LogP contribution in [-0.2, 0) is 11.3 Å². The topological polar surface area (TPSA) is 122 Å². The fourth-order valence-electron chi connectivity index (χ4n) is 3.88. The highest BCUT2D eigenvalue weighted by molar-refractivity contribution is 6.07. The zero-order valence-corrected chi connectivity index (χ0v) is 17.7. The largest absolute Gasteiger partial charge is 0.396 e. The van der Waals surface area contributed by atoms with Crippen molar-refractivity contribution >= 4 is 28.8 Å². The molecule has 1 amide bonds. The number of nitrogens with zero attached hydrogens (tertiary/aromatic N) is 5. The van der Waals surface area contributed by atoms with Gasteiger partial charge in [0, 0.05) is 37.5 Å². The zero-order valence-electron chi connectivity index (χ0n) is 17.7. The van der Waals surface area contributed by atoms with E-state index in [2.05, 4.69) is 14.8 Å². The van der Waals surface area contributed by atoms with Gasteiger partial charge in [0.25, 0.3) is 11.6 Å². The van der Waals surface area contributed by atoms with Crippen LogP contribution in [0.3, 0.4) is 0 Å². The van der Waals surface area contributed by atoms with E-state index in [4.69, 9.17) is 12.3 Å². The lowest BCUT2D eigenvalue weighted by Gasteiger charge is -2.35. The summed E-state index contributed by atoms with van der Waals surface area (Å²) in [5.41, 5.74) is 10.0. The number of carbonyl (C=O) groups is 1. The number of amides is 1. The molecule has 4 N–H and O–H groups in total. The van der Waals surface area contributed by atoms with Gasteiger partial charge in [0.2, 0.25) is 0 Å². The Hall–Kier alpha value is -3.74. The van der Waals surface area contributed by atoms with Crippen molar-refractivity contribution in [1.82, 2.24) is 19.4 Å². The summed E-state index contributed by atoms with van der Waals surface area (Å²) in [6.07, 6.45) is 2.83. The van der Waals surface area contributed by atoms with E-state index in [1.165, 1.54) is 11.2 Å². The summed E-state index contributed by atoms with van der Waals surface area (Å²) in [5.74, 6) is -0.136. The summed E-state index contributed by atoms with van der Waals surface area (Å²) in [4.78, 5) is 26.3. The first kappa shape index (κ1) is 21.5. The average Bonchev–Trinajstić information content (AvgIpc) is 3.08. The number of fused-ring (bicyclic) bond motifs is 1. The first-order valence-corrected chi connectivity index (χ1v) is 10.3. The van der Waals surface area contributed by atoms with E-state index in [0.29, 0.717) is 35.5 Å². The Morgan fingerprint density at radius 1 is 1.31 bits per heavy atom. The van der Waals surface area contributed by atoms with E-state index >= 15 is 0 Å². The van der Waals surface area contributed by atoms with Gasteiger partial charge in [-0.2, -0.15) is 0 Å². The van der Waals surface area contributed by atoms with Gasteiger partial charge in [-0.15, -0.1) is 0 Å². The van der Waals surface area contributed by atoms with Gasteiger partial charge in [-0.25, -0.2) is 14.8 Å². The molecule has 164 valence electrons. The summed E-state index contributed by atoms with van der Waals surface area (Å²) >= 11 is 0. The van der Waals surface area contributed by atoms with Gasteiger partial charge < -0.3 is 25.4 Å². The normalized spacial score (nSPS) is 14.4. The summed E-state index contributed by atoms with van der Waals surface area (Å²) < 4.78 is 1.86. The SMILES string of the molecule is [C-]#[N+]/C(=C\c1c(-c2ccc(C)cc2)c2c(N)ncnc2n1CCCO)C(=O)N1CC(O)C1. The first-order chi connectivity index (χ1) is 15.4. The number of carbonyl (C=O) groups excluding carboxylic acids is 1. The maximum absolute atomic E-state index is 12.8. The van der Waals surface area contributed by atoms with E-state index in [-0.39, 0.29) is 25.4 Å². The number of benzene rings is 1. The van der Waals surface area contributed by atoms with Crippen molar-refractivity contribution in [2.45, 2.75) is 26.0 Å². The molecule has 1 saturated heterocycles. The van der Waals surface area contributed by atoms with Crippen molar-refractivity contribution in [3.63, 3.8) is 0 Å². The van der Waals surface area contributed by atoms with Gasteiger partial charge in [0.1, 0.15) is 17.8 Å². The Morgan fingerprint density at radius 3 is 2.66 bits per heavy atom. The highest BCUT2D eigenvalue weighted by Gasteiger charge is 2.31. The van der Waals surface area contributed by atoms with Crippen molar-refractivity contribution < 1.29 is 15.0 Å². The third-order valence-corrected chi connectivity index (χ3v) is 5.55. The minimum atomic E-state index is -0.555. The van der Waals surface area contributed by atoms with E-state index in [0.717, 1.165) is 16.7 Å². The number of β-amino-alcohol motifs (C(OH)–C–C–N with tert-alkyl or cyclic N) is 1. The molecule has 0 unspecified atom stereocenters. The van der Waals surface area contributed by atoms with E-state index < -0.39 is 12.0 Å². The molecule has 0 spiro atoms. The number of aliphatic hydroxyl groups is 2. The number of hydrogen-bond donors (Lipinski definition) is 3. The molecule has 3 heterocycles. The van der Waals surface area contributed by atoms with E-state index in [9.17, 15) is 15.0 Å². The van der Waals surface area contributed by atoms with Crippen LogP contribution in [0.4, 0.5) is 5.82 Å². The minimum Gasteiger partial charge on any atom is -0.396 e. The summed E-state index contributed by atoms with van der Waals surface area (Å²) in [5, 5.41) is 19.6. The van der Waals surface area contributed by atoms with Crippen molar-refractivity contribution in [3.05, 3.63) is 59.0 Å². The lowest BCUT2D eigenvalue weighted by Crippen LogP contribution is -2.53. The van der Waals surface area contributed by atoms with Crippen molar-refractivity contribution in [2.24, 2.45) is 0 Å². The van der Waals surface area contributed by atoms with Crippen molar-refractivity contribution in [1.29, 1.82) is 0 Å². The second-order valence-corrected chi connectivity index (χ2v) is 7.82. The van der Waals surface area contributed by atoms with Crippen molar-refractivity contribution in [2.75, 3.05) is 25.4 Å². The molecule has 1 aliphatic rings. The Bertz CT molecular complexity index is 1230. The highest BCUT2D eigenvalue weighted by atomic mass is 16.3. The number of nitrogens with two attached hydrogens (primary N) is 1. The quantitative estimate of drug-likeness (QED) is 0.404. The van der Waals surface area contributed by atoms with Crippen LogP contribution in [-0.4, -0.2) is 61.4 Å². The monoisotopic (exact) mass is 432 g/mol. The Labute approximate surface area is 185 Å². The van der Waals surface area contributed by atoms with Crippen LogP contribution in [0.5, 0.6) is 0 Å². The molecular formula is C23H24N6O3. The lowest BCUT2D eigenvalue weighted by atomic mass is 10.0. The molecule has 0 radical (unpaired) electrons. The molecule has 1 aromatic carbocycles. The molecule has 9 nitrogen and oxygen atoms in total. The molecule has 0 bridgehead atoms. The van der Waals surface area contributed by atoms with Crippen LogP contribution in [0.15, 0.2) is 36.3 Å². The summed E-state index contributed by atoms with van der Waals surface area (Å²) in [7, 11) is 0. The summed E-state index contributed by atoms with van der Waals surface area (Å²) in [6, 6.07) is 7.86. The predicted molar refractivity (Wildman–Crippen MR) is 121 cm³/mol. The minimum absolute atomic E-state index is 0.0243. The van der Waals surface area contributed by atoms with Crippen LogP contribution in [0, 0.1) is 13.5 Å². The molecule has 3 aromatic rings. The first-order valence-electron chi connectivity index (χ1n) is 10.3. The van der Waals surface area contributed by atoms with Gasteiger partial charge in [0.05, 0.1) is 18.1 Å². The molecule has 4 rings (SSSR count). The van der Waals surface area contributed by atoms with Gasteiger partial charge in [-0.3, -0.25) is 4.79 Å². The highest BCUT2D eigenvalue weighted by Crippen LogP contribution is 2.38. The van der Waals surface area contributed by atoms with Crippen LogP contribution < -0.4 is 5.73 Å². The molecule has 0 aliphatic carbocycles. The third kappa shape index (κ3) is 3.82. The lowest BCUT2D eigenvalue weighted by molar-refractivity contribution is -0.136. The van der Waals surface area contributed by atoms with Crippen LogP contribution in [0.1, 0.15) is 17.7 Å². The fourth-order valence-corrected chi connectivity index (χ4v) is 3.88. The molecular weight excluding hydrogens is 408 g/mol. The second kappa shape index (κ2) is 8.78. The molecule has 1 aliphatic heterocycles. The number of rotatable bonds is 6. The van der Waals surface area contributed by atoms with Gasteiger partial charge in [0.15, 0.2) is 0 Å². The maximum atomic E-state index is 12.8. The number of anilines is 1. The van der Waals surface area contributed by atoms with Crippen molar-refractivity contribution in [3.8, 4) is 11.1 Å². The predicted octanol–water partition coefficient (Wildman–Crippen LogP) is 1.83. The number of nitrogen functional groups attached to an aromatic ring is 1. The van der Waals surface area contributed by atoms with Gasteiger partial charge >= 0.3 is 0 Å². The van der Waals surface area contributed by atoms with E-state index in [1.807, 2.05) is 35.8 Å². The standard InChI is InChI=1S/C23H24N6O3/c1-14-4-6-15(7-5-14)19-18(10-17(25-2)23(32)28-11-16(31)12-28)29(8-3-9-30)22-20(19)21(24)26-13-27-22/h4-7,10,13,16,30-31H,3,8-9,11-12H2,1H3,(H2,24,26,27)/b17-10-. The summed E-state index contributed by atoms with van der Waals surface area (Å²) in [6.45, 7) is 10.4. The average molecular weight is 432 g/mol. The van der Waals surface area contributed by atoms with Gasteiger partial charge in [-0.05, 0) is 25.0 Å². The van der Waals surface area contributed by atoms with Gasteiger partial charge in [-0.1, -0.05) is 29.8 Å². The fraction of sp³-hybridized carbons (Fsp3) is 0.304. The smallest absolute Gasteiger partial charge is 0.253 e. The number of aliphatic hydroxyl groups excluding tert-OH is 2. The maximum Gasteiger partial charge on any atom is 0.253 e. The number of aryl methyl sites for hydroxylation is 2. The Kier molecular flexibility index (Phi) is 5.90. The number of aromatic nitrogens is 3. The molecule has 9 heteroatoms.